The average Bonchev–Trinajstić information content (AvgIpc) is 2.37. The second kappa shape index (κ2) is 4.29. The van der Waals surface area contributed by atoms with Crippen LogP contribution in [0.4, 0.5) is 0 Å². The average molecular weight is 269 g/mol. The Bertz CT molecular complexity index is 330. The third-order valence-electron chi connectivity index (χ3n) is 5.56. The van der Waals surface area contributed by atoms with Gasteiger partial charge in [-0.25, -0.2) is 8.51 Å². The lowest BCUT2D eigenvalue weighted by Gasteiger charge is -2.56. The van der Waals surface area contributed by atoms with Gasteiger partial charge in [-0.1, -0.05) is 0 Å². The second-order valence-electron chi connectivity index (χ2n) is 6.89. The maximum atomic E-state index is 13.0. The van der Waals surface area contributed by atoms with Crippen LogP contribution in [-0.4, -0.2) is 39.6 Å². The van der Waals surface area contributed by atoms with Gasteiger partial charge in [0.15, 0.2) is 0 Å². The Hall–Kier alpha value is 0.0700. The van der Waals surface area contributed by atoms with Crippen LogP contribution in [-0.2, 0) is 15.7 Å². The predicted molar refractivity (Wildman–Crippen MR) is 71.4 cm³/mol. The summed E-state index contributed by atoms with van der Waals surface area (Å²) in [5, 5.41) is 0. The van der Waals surface area contributed by atoms with Crippen LogP contribution in [0.3, 0.4) is 0 Å². The first kappa shape index (κ1) is 11.9. The minimum atomic E-state index is -0.758. The molecule has 18 heavy (non-hydrogen) atoms. The molecule has 5 rings (SSSR count). The molecule has 0 N–H and O–H groups in total. The summed E-state index contributed by atoms with van der Waals surface area (Å²) < 4.78 is 20.8. The summed E-state index contributed by atoms with van der Waals surface area (Å²) in [6.07, 6.45) is 8.01. The van der Waals surface area contributed by atoms with Crippen LogP contribution in [0.25, 0.3) is 0 Å². The van der Waals surface area contributed by atoms with Gasteiger partial charge in [0, 0.05) is 13.1 Å². The zero-order valence-electron chi connectivity index (χ0n) is 11.0. The van der Waals surface area contributed by atoms with Crippen LogP contribution in [0.5, 0.6) is 0 Å². The van der Waals surface area contributed by atoms with E-state index in [-0.39, 0.29) is 4.75 Å². The van der Waals surface area contributed by atoms with Crippen molar-refractivity contribution in [3.63, 3.8) is 0 Å². The molecule has 4 bridgehead atoms. The van der Waals surface area contributed by atoms with Gasteiger partial charge in [0.1, 0.15) is 11.0 Å². The molecule has 0 aromatic carbocycles. The molecule has 102 valence electrons. The highest BCUT2D eigenvalue weighted by Gasteiger charge is 2.55. The first-order valence-corrected chi connectivity index (χ1v) is 8.60. The van der Waals surface area contributed by atoms with Crippen molar-refractivity contribution in [2.24, 2.45) is 17.8 Å². The van der Waals surface area contributed by atoms with Crippen molar-refractivity contribution in [1.82, 2.24) is 4.31 Å². The maximum Gasteiger partial charge on any atom is 0.101 e. The molecule has 0 radical (unpaired) electrons. The third-order valence-corrected chi connectivity index (χ3v) is 7.63. The maximum absolute atomic E-state index is 13.0. The Kier molecular flexibility index (Phi) is 2.82. The lowest BCUT2D eigenvalue weighted by atomic mass is 9.56. The lowest BCUT2D eigenvalue weighted by Crippen LogP contribution is -2.57. The summed E-state index contributed by atoms with van der Waals surface area (Å²) in [4.78, 5) is 0. The van der Waals surface area contributed by atoms with Crippen molar-refractivity contribution < 1.29 is 8.95 Å². The summed E-state index contributed by atoms with van der Waals surface area (Å²) in [5.41, 5.74) is 0. The highest BCUT2D eigenvalue weighted by molar-refractivity contribution is 7.84. The molecule has 1 saturated heterocycles. The van der Waals surface area contributed by atoms with E-state index in [1.54, 1.807) is 0 Å². The minimum Gasteiger partial charge on any atom is -0.379 e. The molecule has 1 atom stereocenters. The van der Waals surface area contributed by atoms with Gasteiger partial charge in [-0.15, -0.1) is 0 Å². The van der Waals surface area contributed by atoms with Crippen LogP contribution in [0.2, 0.25) is 0 Å². The molecule has 0 aromatic heterocycles. The lowest BCUT2D eigenvalue weighted by molar-refractivity contribution is 0.0299. The Morgan fingerprint density at radius 2 is 1.44 bits per heavy atom. The molecule has 0 aromatic rings. The number of hydrogen-bond donors (Lipinski definition) is 0. The van der Waals surface area contributed by atoms with Crippen molar-refractivity contribution in [2.45, 2.75) is 43.3 Å². The van der Waals surface area contributed by atoms with Crippen LogP contribution < -0.4 is 0 Å². The molecular weight excluding hydrogens is 246 g/mol. The highest BCUT2D eigenvalue weighted by Crippen LogP contribution is 2.58. The standard InChI is InChI=1S/C14H23NO2S/c16-18(15-1-3-17-4-2-15)14-8-11-5-12(9-14)7-13(6-11)10-14/h11-13H,1-10H2/t11?,12?,13?,14?,18-/m1/s1. The number of morpholine rings is 1. The topological polar surface area (TPSA) is 29.5 Å². The minimum absolute atomic E-state index is 0.159. The Morgan fingerprint density at radius 3 is 1.94 bits per heavy atom. The largest absolute Gasteiger partial charge is 0.379 e. The fourth-order valence-corrected chi connectivity index (χ4v) is 7.39. The van der Waals surface area contributed by atoms with E-state index >= 15 is 0 Å². The predicted octanol–water partition coefficient (Wildman–Crippen LogP) is 1.95. The smallest absolute Gasteiger partial charge is 0.101 e. The molecule has 5 fully saturated rings. The van der Waals surface area contributed by atoms with Crippen molar-refractivity contribution in [3.8, 4) is 0 Å². The van der Waals surface area contributed by atoms with E-state index in [0.717, 1.165) is 44.1 Å². The molecule has 1 heterocycles. The molecule has 0 spiro atoms. The van der Waals surface area contributed by atoms with Crippen molar-refractivity contribution in [3.05, 3.63) is 0 Å². The second-order valence-corrected chi connectivity index (χ2v) is 8.77. The van der Waals surface area contributed by atoms with Crippen LogP contribution in [0.1, 0.15) is 38.5 Å². The first-order valence-electron chi connectivity index (χ1n) is 7.50. The van der Waals surface area contributed by atoms with Gasteiger partial charge >= 0.3 is 0 Å². The molecule has 0 amide bonds. The molecule has 3 nitrogen and oxygen atoms in total. The van der Waals surface area contributed by atoms with Gasteiger partial charge in [-0.3, -0.25) is 0 Å². The third kappa shape index (κ3) is 1.80. The van der Waals surface area contributed by atoms with Crippen LogP contribution >= 0.6 is 0 Å². The number of ether oxygens (including phenoxy) is 1. The van der Waals surface area contributed by atoms with Gasteiger partial charge in [0.05, 0.1) is 18.0 Å². The zero-order valence-corrected chi connectivity index (χ0v) is 11.8. The van der Waals surface area contributed by atoms with Gasteiger partial charge in [0.25, 0.3) is 0 Å². The van der Waals surface area contributed by atoms with Gasteiger partial charge < -0.3 is 4.74 Å². The Balaban J connectivity index is 1.57. The van der Waals surface area contributed by atoms with Gasteiger partial charge in [-0.05, 0) is 56.3 Å². The van der Waals surface area contributed by atoms with Crippen molar-refractivity contribution in [1.29, 1.82) is 0 Å². The molecular formula is C14H23NO2S. The monoisotopic (exact) mass is 269 g/mol. The van der Waals surface area contributed by atoms with Gasteiger partial charge in [-0.2, -0.15) is 0 Å². The number of rotatable bonds is 2. The van der Waals surface area contributed by atoms with E-state index in [9.17, 15) is 4.21 Å². The van der Waals surface area contributed by atoms with E-state index in [0.29, 0.717) is 0 Å². The van der Waals surface area contributed by atoms with E-state index in [2.05, 4.69) is 4.31 Å². The molecule has 1 aliphatic heterocycles. The fourth-order valence-electron chi connectivity index (χ4n) is 5.23. The van der Waals surface area contributed by atoms with Crippen molar-refractivity contribution in [2.75, 3.05) is 26.3 Å². The number of hydrogen-bond acceptors (Lipinski definition) is 2. The highest BCUT2D eigenvalue weighted by atomic mass is 32.2. The van der Waals surface area contributed by atoms with E-state index in [4.69, 9.17) is 4.74 Å². The quantitative estimate of drug-likeness (QED) is 0.767. The Labute approximate surface area is 112 Å². The molecule has 4 aliphatic carbocycles. The van der Waals surface area contributed by atoms with Gasteiger partial charge in [0.2, 0.25) is 0 Å². The molecule has 5 aliphatic rings. The summed E-state index contributed by atoms with van der Waals surface area (Å²) in [6.45, 7) is 3.26. The summed E-state index contributed by atoms with van der Waals surface area (Å²) >= 11 is 0. The SMILES string of the molecule is O=[S@@](N1CCOCC1)C12CC3CC(CC(C3)C1)C2. The van der Waals surface area contributed by atoms with Crippen molar-refractivity contribution >= 4 is 11.0 Å². The summed E-state index contributed by atoms with van der Waals surface area (Å²) in [5.74, 6) is 2.67. The van der Waals surface area contributed by atoms with E-state index in [1.807, 2.05) is 0 Å². The summed E-state index contributed by atoms with van der Waals surface area (Å²) in [7, 11) is -0.758. The zero-order chi connectivity index (χ0) is 12.2. The Morgan fingerprint density at radius 1 is 0.944 bits per heavy atom. The van der Waals surface area contributed by atoms with Crippen LogP contribution in [0.15, 0.2) is 0 Å². The molecule has 4 heteroatoms. The molecule has 0 unspecified atom stereocenters. The van der Waals surface area contributed by atoms with Crippen LogP contribution in [0, 0.1) is 17.8 Å². The normalized spacial score (nSPS) is 49.4. The van der Waals surface area contributed by atoms with E-state index in [1.165, 1.54) is 38.5 Å². The first-order chi connectivity index (χ1) is 8.75. The summed E-state index contributed by atoms with van der Waals surface area (Å²) in [6, 6.07) is 0. The van der Waals surface area contributed by atoms with E-state index < -0.39 is 11.0 Å². The number of nitrogens with zero attached hydrogens (tertiary/aromatic N) is 1. The molecule has 4 saturated carbocycles. The fraction of sp³-hybridized carbons (Fsp3) is 1.00.